The Balaban J connectivity index is 1.99. The average Bonchev–Trinajstić information content (AvgIpc) is 2.73. The lowest BCUT2D eigenvalue weighted by Crippen LogP contribution is -2.51. The highest BCUT2D eigenvalue weighted by atomic mass is 16.5. The van der Waals surface area contributed by atoms with Crippen molar-refractivity contribution in [2.24, 2.45) is 5.92 Å². The zero-order valence-electron chi connectivity index (χ0n) is 10.0. The van der Waals surface area contributed by atoms with Crippen molar-refractivity contribution >= 4 is 0 Å². The van der Waals surface area contributed by atoms with Crippen LogP contribution in [0, 0.1) is 5.92 Å². The zero-order valence-corrected chi connectivity index (χ0v) is 10.0. The van der Waals surface area contributed by atoms with E-state index >= 15 is 0 Å². The van der Waals surface area contributed by atoms with Gasteiger partial charge in [-0.05, 0) is 38.3 Å². The second-order valence-electron chi connectivity index (χ2n) is 4.88. The number of nitrogens with one attached hydrogen (secondary N) is 1. The SMILES string of the molecule is CCC(COC)N1CCCC2CNCC21. The lowest BCUT2D eigenvalue weighted by Gasteiger charge is -2.41. The summed E-state index contributed by atoms with van der Waals surface area (Å²) in [5.41, 5.74) is 0. The standard InChI is InChI=1S/C12H24N2O/c1-3-11(9-15-2)14-6-4-5-10-7-13-8-12(10)14/h10-13H,3-9H2,1-2H3. The topological polar surface area (TPSA) is 24.5 Å². The molecule has 2 fully saturated rings. The van der Waals surface area contributed by atoms with E-state index in [1.807, 2.05) is 7.11 Å². The van der Waals surface area contributed by atoms with Gasteiger partial charge in [0.05, 0.1) is 6.61 Å². The number of fused-ring (bicyclic) bond motifs is 1. The largest absolute Gasteiger partial charge is 0.383 e. The van der Waals surface area contributed by atoms with Crippen molar-refractivity contribution in [1.29, 1.82) is 0 Å². The fourth-order valence-electron chi connectivity index (χ4n) is 3.20. The van der Waals surface area contributed by atoms with Gasteiger partial charge in [-0.2, -0.15) is 0 Å². The molecule has 0 amide bonds. The van der Waals surface area contributed by atoms with Crippen molar-refractivity contribution in [3.05, 3.63) is 0 Å². The van der Waals surface area contributed by atoms with Crippen LogP contribution in [0.15, 0.2) is 0 Å². The number of methoxy groups -OCH3 is 1. The number of ether oxygens (including phenoxy) is 1. The molecule has 88 valence electrons. The van der Waals surface area contributed by atoms with Crippen LogP contribution in [-0.4, -0.2) is 50.3 Å². The van der Waals surface area contributed by atoms with Gasteiger partial charge in [0.15, 0.2) is 0 Å². The van der Waals surface area contributed by atoms with Crippen molar-refractivity contribution < 1.29 is 4.74 Å². The summed E-state index contributed by atoms with van der Waals surface area (Å²) in [6, 6.07) is 1.40. The van der Waals surface area contributed by atoms with Gasteiger partial charge >= 0.3 is 0 Å². The van der Waals surface area contributed by atoms with Crippen LogP contribution in [0.4, 0.5) is 0 Å². The quantitative estimate of drug-likeness (QED) is 0.755. The van der Waals surface area contributed by atoms with Crippen molar-refractivity contribution in [2.75, 3.05) is 33.4 Å². The van der Waals surface area contributed by atoms with E-state index in [0.717, 1.165) is 18.6 Å². The van der Waals surface area contributed by atoms with Crippen molar-refractivity contribution in [3.63, 3.8) is 0 Å². The molecular weight excluding hydrogens is 188 g/mol. The maximum Gasteiger partial charge on any atom is 0.0618 e. The Morgan fingerprint density at radius 1 is 1.47 bits per heavy atom. The van der Waals surface area contributed by atoms with Crippen LogP contribution < -0.4 is 5.32 Å². The normalized spacial score (nSPS) is 34.0. The molecule has 1 N–H and O–H groups in total. The molecule has 0 saturated carbocycles. The molecule has 0 aromatic heterocycles. The molecule has 0 spiro atoms. The highest BCUT2D eigenvalue weighted by Gasteiger charge is 2.37. The molecule has 2 aliphatic heterocycles. The van der Waals surface area contributed by atoms with Crippen LogP contribution in [0.3, 0.4) is 0 Å². The van der Waals surface area contributed by atoms with Gasteiger partial charge < -0.3 is 10.1 Å². The molecule has 3 atom stereocenters. The summed E-state index contributed by atoms with van der Waals surface area (Å²) in [6.45, 7) is 6.84. The Hall–Kier alpha value is -0.120. The summed E-state index contributed by atoms with van der Waals surface area (Å²) in [4.78, 5) is 2.69. The van der Waals surface area contributed by atoms with Crippen molar-refractivity contribution in [1.82, 2.24) is 10.2 Å². The summed E-state index contributed by atoms with van der Waals surface area (Å²) >= 11 is 0. The molecule has 0 aliphatic carbocycles. The van der Waals surface area contributed by atoms with E-state index in [1.54, 1.807) is 0 Å². The summed E-state index contributed by atoms with van der Waals surface area (Å²) in [5.74, 6) is 0.893. The third-order valence-corrected chi connectivity index (χ3v) is 4.02. The molecular formula is C12H24N2O. The lowest BCUT2D eigenvalue weighted by molar-refractivity contribution is 0.0289. The molecule has 0 radical (unpaired) electrons. The number of nitrogens with zero attached hydrogens (tertiary/aromatic N) is 1. The molecule has 2 rings (SSSR count). The highest BCUT2D eigenvalue weighted by molar-refractivity contribution is 4.94. The van der Waals surface area contributed by atoms with Crippen LogP contribution >= 0.6 is 0 Å². The molecule has 2 aliphatic rings. The summed E-state index contributed by atoms with van der Waals surface area (Å²) < 4.78 is 5.33. The van der Waals surface area contributed by atoms with E-state index in [-0.39, 0.29) is 0 Å². The Morgan fingerprint density at radius 3 is 3.07 bits per heavy atom. The number of hydrogen-bond donors (Lipinski definition) is 1. The first kappa shape index (κ1) is 11.4. The molecule has 3 heteroatoms. The van der Waals surface area contributed by atoms with Gasteiger partial charge in [-0.25, -0.2) is 0 Å². The number of rotatable bonds is 4. The van der Waals surface area contributed by atoms with Gasteiger partial charge in [-0.15, -0.1) is 0 Å². The maximum atomic E-state index is 5.33. The first-order valence-corrected chi connectivity index (χ1v) is 6.32. The van der Waals surface area contributed by atoms with Gasteiger partial charge in [-0.1, -0.05) is 6.92 Å². The van der Waals surface area contributed by atoms with E-state index < -0.39 is 0 Å². The van der Waals surface area contributed by atoms with Gasteiger partial charge in [0.2, 0.25) is 0 Å². The third-order valence-electron chi connectivity index (χ3n) is 4.02. The molecule has 2 heterocycles. The Bertz CT molecular complexity index is 198. The van der Waals surface area contributed by atoms with Crippen LogP contribution in [0.1, 0.15) is 26.2 Å². The first-order chi connectivity index (χ1) is 7.36. The number of hydrogen-bond acceptors (Lipinski definition) is 3. The summed E-state index contributed by atoms with van der Waals surface area (Å²) in [6.07, 6.45) is 3.98. The van der Waals surface area contributed by atoms with E-state index in [9.17, 15) is 0 Å². The second-order valence-corrected chi connectivity index (χ2v) is 4.88. The number of piperidine rings is 1. The Morgan fingerprint density at radius 2 is 2.33 bits per heavy atom. The molecule has 15 heavy (non-hydrogen) atoms. The predicted octanol–water partition coefficient (Wildman–Crippen LogP) is 1.10. The zero-order chi connectivity index (χ0) is 10.7. The second kappa shape index (κ2) is 5.28. The predicted molar refractivity (Wildman–Crippen MR) is 62.0 cm³/mol. The molecule has 0 aromatic carbocycles. The van der Waals surface area contributed by atoms with E-state index in [2.05, 4.69) is 17.1 Å². The summed E-state index contributed by atoms with van der Waals surface area (Å²) in [5, 5.41) is 3.53. The molecule has 3 unspecified atom stereocenters. The molecule has 0 bridgehead atoms. The van der Waals surface area contributed by atoms with Crippen LogP contribution in [-0.2, 0) is 4.74 Å². The average molecular weight is 212 g/mol. The fraction of sp³-hybridized carbons (Fsp3) is 1.00. The minimum atomic E-state index is 0.627. The molecule has 3 nitrogen and oxygen atoms in total. The minimum Gasteiger partial charge on any atom is -0.383 e. The maximum absolute atomic E-state index is 5.33. The van der Waals surface area contributed by atoms with Gasteiger partial charge in [-0.3, -0.25) is 4.90 Å². The van der Waals surface area contributed by atoms with Crippen LogP contribution in [0.5, 0.6) is 0 Å². The van der Waals surface area contributed by atoms with Crippen LogP contribution in [0.25, 0.3) is 0 Å². The van der Waals surface area contributed by atoms with Crippen molar-refractivity contribution in [2.45, 2.75) is 38.3 Å². The third kappa shape index (κ3) is 2.35. The first-order valence-electron chi connectivity index (χ1n) is 6.32. The smallest absolute Gasteiger partial charge is 0.0618 e. The van der Waals surface area contributed by atoms with Gasteiger partial charge in [0.1, 0.15) is 0 Å². The summed E-state index contributed by atoms with van der Waals surface area (Å²) in [7, 11) is 1.82. The van der Waals surface area contributed by atoms with E-state index in [1.165, 1.54) is 38.9 Å². The highest BCUT2D eigenvalue weighted by Crippen LogP contribution is 2.28. The van der Waals surface area contributed by atoms with Gasteiger partial charge in [0.25, 0.3) is 0 Å². The number of likely N-dealkylation sites (tertiary alicyclic amines) is 1. The van der Waals surface area contributed by atoms with Gasteiger partial charge in [0, 0.05) is 25.7 Å². The molecule has 2 saturated heterocycles. The minimum absolute atomic E-state index is 0.627. The van der Waals surface area contributed by atoms with E-state index in [4.69, 9.17) is 4.74 Å². The fourth-order valence-corrected chi connectivity index (χ4v) is 3.20. The Labute approximate surface area is 93.2 Å². The lowest BCUT2D eigenvalue weighted by atomic mass is 9.90. The van der Waals surface area contributed by atoms with E-state index in [0.29, 0.717) is 6.04 Å². The van der Waals surface area contributed by atoms with Crippen molar-refractivity contribution in [3.8, 4) is 0 Å². The molecule has 0 aromatic rings. The van der Waals surface area contributed by atoms with Crippen LogP contribution in [0.2, 0.25) is 0 Å². The monoisotopic (exact) mass is 212 g/mol. The Kier molecular flexibility index (Phi) is 4.00.